The van der Waals surface area contributed by atoms with Crippen LogP contribution in [-0.4, -0.2) is 4.75 Å². The monoisotopic (exact) mass is 205 g/mol. The highest BCUT2D eigenvalue weighted by Gasteiger charge is 2.43. The van der Waals surface area contributed by atoms with E-state index in [0.29, 0.717) is 4.75 Å². The fraction of sp³-hybridized carbons (Fsp3) is 0.500. The summed E-state index contributed by atoms with van der Waals surface area (Å²) in [7, 11) is 0. The standard InChI is InChI=1S/C12H15NS/c13-10-8-12(6-3-7-12)14-11-5-2-1-4-9(10)11/h1-2,4-5,10H,3,6-8,13H2. The van der Waals surface area contributed by atoms with Gasteiger partial charge in [-0.05, 0) is 30.9 Å². The summed E-state index contributed by atoms with van der Waals surface area (Å²) in [6.45, 7) is 0. The fourth-order valence-electron chi connectivity index (χ4n) is 2.54. The molecule has 0 aromatic heterocycles. The van der Waals surface area contributed by atoms with Gasteiger partial charge < -0.3 is 5.73 Å². The van der Waals surface area contributed by atoms with Crippen molar-refractivity contribution in [3.8, 4) is 0 Å². The molecule has 1 nitrogen and oxygen atoms in total. The zero-order chi connectivity index (χ0) is 9.60. The number of hydrogen-bond donors (Lipinski definition) is 1. The summed E-state index contributed by atoms with van der Waals surface area (Å²) in [5.74, 6) is 0. The molecule has 14 heavy (non-hydrogen) atoms. The summed E-state index contributed by atoms with van der Waals surface area (Å²) >= 11 is 2.07. The molecule has 1 atom stereocenters. The Labute approximate surface area is 89.1 Å². The van der Waals surface area contributed by atoms with E-state index in [-0.39, 0.29) is 6.04 Å². The maximum absolute atomic E-state index is 6.22. The smallest absolute Gasteiger partial charge is 0.0319 e. The van der Waals surface area contributed by atoms with E-state index < -0.39 is 0 Å². The molecule has 0 saturated heterocycles. The molecule has 0 radical (unpaired) electrons. The molecule has 2 heteroatoms. The molecule has 0 amide bonds. The fourth-order valence-corrected chi connectivity index (χ4v) is 4.25. The van der Waals surface area contributed by atoms with Gasteiger partial charge in [0.05, 0.1) is 0 Å². The lowest BCUT2D eigenvalue weighted by Gasteiger charge is -2.46. The summed E-state index contributed by atoms with van der Waals surface area (Å²) in [5.41, 5.74) is 7.57. The van der Waals surface area contributed by atoms with E-state index in [9.17, 15) is 0 Å². The Morgan fingerprint density at radius 3 is 2.79 bits per heavy atom. The third-order valence-electron chi connectivity index (χ3n) is 3.50. The van der Waals surface area contributed by atoms with Crippen molar-refractivity contribution in [3.05, 3.63) is 29.8 Å². The van der Waals surface area contributed by atoms with E-state index in [2.05, 4.69) is 36.0 Å². The molecular formula is C12H15NS. The highest BCUT2D eigenvalue weighted by molar-refractivity contribution is 8.00. The second-order valence-corrected chi connectivity index (χ2v) is 6.00. The van der Waals surface area contributed by atoms with Gasteiger partial charge in [0.15, 0.2) is 0 Å². The maximum atomic E-state index is 6.22. The molecule has 3 rings (SSSR count). The van der Waals surface area contributed by atoms with Crippen molar-refractivity contribution in [1.82, 2.24) is 0 Å². The average Bonchev–Trinajstić information content (AvgIpc) is 2.15. The van der Waals surface area contributed by atoms with Gasteiger partial charge in [0.25, 0.3) is 0 Å². The lowest BCUT2D eigenvalue weighted by atomic mass is 9.78. The highest BCUT2D eigenvalue weighted by Crippen LogP contribution is 2.56. The second-order valence-electron chi connectivity index (χ2n) is 4.49. The quantitative estimate of drug-likeness (QED) is 0.704. The number of hydrogen-bond acceptors (Lipinski definition) is 2. The van der Waals surface area contributed by atoms with Gasteiger partial charge >= 0.3 is 0 Å². The maximum Gasteiger partial charge on any atom is 0.0319 e. The molecule has 2 aliphatic rings. The molecule has 1 unspecified atom stereocenters. The van der Waals surface area contributed by atoms with Crippen LogP contribution >= 0.6 is 11.8 Å². The van der Waals surface area contributed by atoms with Crippen LogP contribution < -0.4 is 5.73 Å². The molecule has 1 saturated carbocycles. The van der Waals surface area contributed by atoms with Crippen LogP contribution in [0.1, 0.15) is 37.3 Å². The largest absolute Gasteiger partial charge is 0.324 e. The Balaban J connectivity index is 2.00. The number of rotatable bonds is 0. The Morgan fingerprint density at radius 2 is 2.07 bits per heavy atom. The third kappa shape index (κ3) is 1.21. The SMILES string of the molecule is NC1CC2(CCC2)Sc2ccccc21. The summed E-state index contributed by atoms with van der Waals surface area (Å²) in [6.07, 6.45) is 5.29. The Kier molecular flexibility index (Phi) is 1.89. The molecule has 1 heterocycles. The summed E-state index contributed by atoms with van der Waals surface area (Å²) < 4.78 is 0.508. The van der Waals surface area contributed by atoms with Crippen molar-refractivity contribution in [2.24, 2.45) is 5.73 Å². The van der Waals surface area contributed by atoms with Gasteiger partial charge in [0, 0.05) is 15.7 Å². The Hall–Kier alpha value is -0.470. The molecule has 0 bridgehead atoms. The van der Waals surface area contributed by atoms with E-state index in [4.69, 9.17) is 5.73 Å². The predicted molar refractivity (Wildman–Crippen MR) is 60.4 cm³/mol. The minimum atomic E-state index is 0.271. The van der Waals surface area contributed by atoms with Gasteiger partial charge in [-0.2, -0.15) is 0 Å². The van der Waals surface area contributed by atoms with Crippen molar-refractivity contribution < 1.29 is 0 Å². The minimum absolute atomic E-state index is 0.271. The van der Waals surface area contributed by atoms with Crippen LogP contribution in [0.5, 0.6) is 0 Å². The van der Waals surface area contributed by atoms with E-state index in [1.54, 1.807) is 0 Å². The first-order chi connectivity index (χ1) is 6.79. The van der Waals surface area contributed by atoms with Gasteiger partial charge in [-0.1, -0.05) is 24.6 Å². The third-order valence-corrected chi connectivity index (χ3v) is 5.10. The lowest BCUT2D eigenvalue weighted by Crippen LogP contribution is -2.39. The van der Waals surface area contributed by atoms with Gasteiger partial charge in [0.1, 0.15) is 0 Å². The Morgan fingerprint density at radius 1 is 1.29 bits per heavy atom. The minimum Gasteiger partial charge on any atom is -0.324 e. The van der Waals surface area contributed by atoms with Crippen LogP contribution in [0.4, 0.5) is 0 Å². The summed E-state index contributed by atoms with van der Waals surface area (Å²) in [5, 5.41) is 0. The van der Waals surface area contributed by atoms with E-state index in [1.165, 1.54) is 36.1 Å². The van der Waals surface area contributed by atoms with Crippen LogP contribution in [-0.2, 0) is 0 Å². The topological polar surface area (TPSA) is 26.0 Å². The first kappa shape index (κ1) is 8.81. The first-order valence-corrected chi connectivity index (χ1v) is 6.14. The summed E-state index contributed by atoms with van der Waals surface area (Å²) in [4.78, 5) is 1.42. The molecule has 2 N–H and O–H groups in total. The molecule has 1 fully saturated rings. The van der Waals surface area contributed by atoms with Crippen molar-refractivity contribution in [2.75, 3.05) is 0 Å². The number of thioether (sulfide) groups is 1. The zero-order valence-corrected chi connectivity index (χ0v) is 9.02. The van der Waals surface area contributed by atoms with Crippen LogP contribution in [0, 0.1) is 0 Å². The van der Waals surface area contributed by atoms with E-state index in [1.807, 2.05) is 0 Å². The second kappa shape index (κ2) is 3.01. The normalized spacial score (nSPS) is 28.2. The molecule has 1 spiro atoms. The van der Waals surface area contributed by atoms with Gasteiger partial charge in [-0.15, -0.1) is 11.8 Å². The van der Waals surface area contributed by atoms with Crippen molar-refractivity contribution >= 4 is 11.8 Å². The number of nitrogens with two attached hydrogens (primary N) is 1. The number of fused-ring (bicyclic) bond motifs is 1. The molecule has 1 aromatic rings. The van der Waals surface area contributed by atoms with Crippen molar-refractivity contribution in [1.29, 1.82) is 0 Å². The highest BCUT2D eigenvalue weighted by atomic mass is 32.2. The molecule has 1 aromatic carbocycles. The first-order valence-electron chi connectivity index (χ1n) is 5.33. The molecule has 74 valence electrons. The molecule has 1 aliphatic carbocycles. The van der Waals surface area contributed by atoms with Crippen molar-refractivity contribution in [3.63, 3.8) is 0 Å². The molecular weight excluding hydrogens is 190 g/mol. The summed E-state index contributed by atoms with van der Waals surface area (Å²) in [6, 6.07) is 8.89. The number of benzene rings is 1. The van der Waals surface area contributed by atoms with Crippen LogP contribution in [0.15, 0.2) is 29.2 Å². The van der Waals surface area contributed by atoms with Crippen LogP contribution in [0.2, 0.25) is 0 Å². The van der Waals surface area contributed by atoms with Crippen molar-refractivity contribution in [2.45, 2.75) is 41.4 Å². The molecule has 1 aliphatic heterocycles. The van der Waals surface area contributed by atoms with E-state index in [0.717, 1.165) is 0 Å². The lowest BCUT2D eigenvalue weighted by molar-refractivity contribution is 0.314. The van der Waals surface area contributed by atoms with Gasteiger partial charge in [-0.25, -0.2) is 0 Å². The van der Waals surface area contributed by atoms with Gasteiger partial charge in [0.2, 0.25) is 0 Å². The zero-order valence-electron chi connectivity index (χ0n) is 8.20. The van der Waals surface area contributed by atoms with Gasteiger partial charge in [-0.3, -0.25) is 0 Å². The Bertz CT molecular complexity index is 357. The predicted octanol–water partition coefficient (Wildman–Crippen LogP) is 3.10. The van der Waals surface area contributed by atoms with E-state index >= 15 is 0 Å². The van der Waals surface area contributed by atoms with Crippen LogP contribution in [0.25, 0.3) is 0 Å². The average molecular weight is 205 g/mol. The van der Waals surface area contributed by atoms with Crippen LogP contribution in [0.3, 0.4) is 0 Å².